The lowest BCUT2D eigenvalue weighted by Crippen LogP contribution is -2.60. The molecule has 1 fully saturated rings. The Balaban J connectivity index is 1.97. The van der Waals surface area contributed by atoms with E-state index in [4.69, 9.17) is 0 Å². The number of para-hydroxylation sites is 1. The number of hydrogen-bond acceptors (Lipinski definition) is 11. The lowest BCUT2D eigenvalue weighted by Gasteiger charge is -2.33. The number of carbonyl (C=O) groups excluding carboxylic acids is 7. The van der Waals surface area contributed by atoms with Gasteiger partial charge in [0.15, 0.2) is 5.75 Å². The fraction of sp³-hybridized carbons (Fsp3) is 0.537. The van der Waals surface area contributed by atoms with Crippen molar-refractivity contribution < 1.29 is 48.7 Å². The van der Waals surface area contributed by atoms with E-state index in [9.17, 15) is 49.1 Å². The van der Waals surface area contributed by atoms with E-state index >= 15 is 4.79 Å². The van der Waals surface area contributed by atoms with Crippen LogP contribution in [-0.2, 0) is 51.9 Å². The highest BCUT2D eigenvalue weighted by molar-refractivity contribution is 5.99. The van der Waals surface area contributed by atoms with Crippen molar-refractivity contribution in [3.8, 4) is 5.75 Å². The number of hydrogen-bond donors (Lipinski definition) is 7. The molecule has 7 amide bonds. The Kier molecular flexibility index (Phi) is 21.1. The second kappa shape index (κ2) is 26.2. The monoisotopic (exact) mass is 1030 g/mol. The third-order valence-corrected chi connectivity index (χ3v) is 13.4. The van der Waals surface area contributed by atoms with Crippen molar-refractivity contribution in [2.45, 2.75) is 149 Å². The number of aliphatic hydroxyl groups is 1. The number of amides is 7. The molecule has 7 N–H and O–H groups in total. The zero-order chi connectivity index (χ0) is 55.4. The third kappa shape index (κ3) is 15.2. The smallest absolute Gasteiger partial charge is 0.310 e. The molecule has 0 spiro atoms. The van der Waals surface area contributed by atoms with Gasteiger partial charge < -0.3 is 51.2 Å². The Morgan fingerprint density at radius 1 is 0.743 bits per heavy atom. The van der Waals surface area contributed by atoms with Crippen LogP contribution in [-0.4, -0.2) is 134 Å². The molecule has 0 saturated carbocycles. The summed E-state index contributed by atoms with van der Waals surface area (Å²) in [5, 5.41) is 46.9. The maximum Gasteiger partial charge on any atom is 0.310 e. The maximum atomic E-state index is 15.3. The molecular formula is C54H77N9O11. The minimum atomic E-state index is -1.54. The van der Waals surface area contributed by atoms with Crippen LogP contribution in [0.1, 0.15) is 99.1 Å². The number of phenols is 1. The summed E-state index contributed by atoms with van der Waals surface area (Å²) in [5.41, 5.74) is 0.409. The van der Waals surface area contributed by atoms with E-state index in [1.54, 1.807) is 32.1 Å². The lowest BCUT2D eigenvalue weighted by atomic mass is 9.98. The fourth-order valence-electron chi connectivity index (χ4n) is 9.00. The number of nitrogens with one attached hydrogen (secondary N) is 5. The maximum absolute atomic E-state index is 15.3. The van der Waals surface area contributed by atoms with Gasteiger partial charge in [-0.3, -0.25) is 43.7 Å². The highest BCUT2D eigenvalue weighted by Gasteiger charge is 2.39. The molecule has 4 rings (SSSR count). The highest BCUT2D eigenvalue weighted by Crippen LogP contribution is 2.31. The molecule has 2 aromatic carbocycles. The van der Waals surface area contributed by atoms with Crippen molar-refractivity contribution in [2.75, 3.05) is 20.7 Å². The van der Waals surface area contributed by atoms with Gasteiger partial charge in [-0.25, -0.2) is 0 Å². The van der Waals surface area contributed by atoms with Gasteiger partial charge in [-0.2, -0.15) is 0 Å². The van der Waals surface area contributed by atoms with Crippen molar-refractivity contribution in [1.82, 2.24) is 41.0 Å². The summed E-state index contributed by atoms with van der Waals surface area (Å²) in [6.45, 7) is 19.8. The first-order valence-corrected chi connectivity index (χ1v) is 25.2. The molecule has 404 valence electrons. The molecule has 0 radical (unpaired) electrons. The van der Waals surface area contributed by atoms with Gasteiger partial charge in [-0.15, -0.1) is 6.58 Å². The lowest BCUT2D eigenvalue weighted by molar-refractivity contribution is -0.385. The number of aromatic hydroxyl groups is 1. The molecule has 2 heterocycles. The number of allylic oxidation sites excluding steroid dienone is 2. The van der Waals surface area contributed by atoms with Crippen LogP contribution in [0.2, 0.25) is 0 Å². The summed E-state index contributed by atoms with van der Waals surface area (Å²) in [5.74, 6) is -6.87. The number of rotatable bonds is 16. The first-order chi connectivity index (χ1) is 34.7. The number of nitrogens with zero attached hydrogens (tertiary/aromatic N) is 4. The van der Waals surface area contributed by atoms with Crippen molar-refractivity contribution >= 4 is 57.9 Å². The Bertz CT molecular complexity index is 2570. The summed E-state index contributed by atoms with van der Waals surface area (Å²) < 4.78 is 2.01. The largest absolute Gasteiger partial charge is 0.502 e. The summed E-state index contributed by atoms with van der Waals surface area (Å²) in [4.78, 5) is 116. The fourth-order valence-corrected chi connectivity index (χ4v) is 9.00. The van der Waals surface area contributed by atoms with E-state index in [0.717, 1.165) is 27.9 Å². The van der Waals surface area contributed by atoms with E-state index < -0.39 is 111 Å². The number of likely N-dealkylation sites (N-methyl/N-ethyl adjacent to an activating group) is 2. The molecule has 20 nitrogen and oxygen atoms in total. The van der Waals surface area contributed by atoms with Crippen LogP contribution in [0.5, 0.6) is 5.75 Å². The molecule has 0 unspecified atom stereocenters. The Hall–Kier alpha value is -7.09. The van der Waals surface area contributed by atoms with Gasteiger partial charge in [0.2, 0.25) is 41.4 Å². The van der Waals surface area contributed by atoms with Crippen LogP contribution in [0.15, 0.2) is 73.5 Å². The molecular weight excluding hydrogens is 951 g/mol. The SMILES string of the molecule is C=CC(C)(C)n1cc(C[C@@H]2NC(=O)[C@H](C/C=C/C)NC(=O)[C@H](CC(C)C)NC(=O)[C@H](C[C@H](C)CO)N(C)C(=O)[C@H](C)NC(=O)[C@H](Cc3ccc(O)c([N+](=O)[O-])c3)NC(=O)[C@H](CC(C)C)N(C)C2=O)c2ccccc21. The minimum Gasteiger partial charge on any atom is -0.502 e. The number of aromatic nitrogens is 1. The van der Waals surface area contributed by atoms with E-state index in [2.05, 4.69) is 33.2 Å². The third-order valence-electron chi connectivity index (χ3n) is 13.4. The van der Waals surface area contributed by atoms with Gasteiger partial charge in [0.05, 0.1) is 10.5 Å². The number of fused-ring (bicyclic) bond motifs is 1. The van der Waals surface area contributed by atoms with Crippen molar-refractivity contribution in [2.24, 2.45) is 17.8 Å². The van der Waals surface area contributed by atoms with E-state index in [-0.39, 0.29) is 62.5 Å². The zero-order valence-electron chi connectivity index (χ0n) is 44.6. The Morgan fingerprint density at radius 2 is 1.30 bits per heavy atom. The highest BCUT2D eigenvalue weighted by atomic mass is 16.6. The number of aliphatic hydroxyl groups excluding tert-OH is 1. The van der Waals surface area contributed by atoms with E-state index in [0.29, 0.717) is 5.56 Å². The van der Waals surface area contributed by atoms with Crippen molar-refractivity contribution in [3.63, 3.8) is 0 Å². The first-order valence-electron chi connectivity index (χ1n) is 25.2. The van der Waals surface area contributed by atoms with Crippen LogP contribution in [0.3, 0.4) is 0 Å². The first kappa shape index (κ1) is 59.5. The Morgan fingerprint density at radius 3 is 1.89 bits per heavy atom. The van der Waals surface area contributed by atoms with Crippen molar-refractivity contribution in [3.05, 3.63) is 94.7 Å². The predicted molar refractivity (Wildman–Crippen MR) is 281 cm³/mol. The van der Waals surface area contributed by atoms with E-state index in [1.807, 2.05) is 76.6 Å². The van der Waals surface area contributed by atoms with Gasteiger partial charge in [0, 0.05) is 56.7 Å². The predicted octanol–water partition coefficient (Wildman–Crippen LogP) is 4.15. The van der Waals surface area contributed by atoms with Gasteiger partial charge in [0.1, 0.15) is 42.3 Å². The summed E-state index contributed by atoms with van der Waals surface area (Å²) >= 11 is 0. The number of nitro groups is 1. The molecule has 1 aliphatic rings. The van der Waals surface area contributed by atoms with Crippen LogP contribution in [0.4, 0.5) is 5.69 Å². The number of phenolic OH excluding ortho intramolecular Hbond substituents is 1. The molecule has 8 atom stereocenters. The molecule has 0 aliphatic carbocycles. The number of nitro benzene ring substituents is 1. The summed E-state index contributed by atoms with van der Waals surface area (Å²) in [7, 11) is 2.76. The van der Waals surface area contributed by atoms with Crippen LogP contribution in [0, 0.1) is 27.9 Å². The standard InChI is InChI=1S/C54H77N9O11/c1-13-15-19-38-47(66)59-41(28-36-29-62(54(9,10)14-2)42-20-17-16-18-37(36)42)53(72)61(12)44(24-32(5)6)50(69)58-40(26-35-21-22-46(65)43(27-35)63(73)74)48(67)55-34(8)52(71)60(11)45(25-33(7)30-64)51(70)57-39(23-31(3)4)49(68)56-38/h13-18,20-22,27,29,31-34,38-41,44-45,64-65H,2,19,23-26,28,30H2,1,3-12H3,(H,55,67)(H,56,68)(H,57,70)(H,58,69)(H,59,66)/b15-13+/t33-,34-,38-,39-,40-,41-,44-,45-/m0/s1. The molecule has 74 heavy (non-hydrogen) atoms. The summed E-state index contributed by atoms with van der Waals surface area (Å²) in [6, 6.07) is 1.71. The molecule has 1 aromatic heterocycles. The van der Waals surface area contributed by atoms with Gasteiger partial charge >= 0.3 is 5.69 Å². The number of carbonyl (C=O) groups is 7. The molecule has 1 aliphatic heterocycles. The average Bonchev–Trinajstić information content (AvgIpc) is 3.73. The van der Waals surface area contributed by atoms with Crippen LogP contribution < -0.4 is 26.6 Å². The van der Waals surface area contributed by atoms with Crippen LogP contribution in [0.25, 0.3) is 10.9 Å². The van der Waals surface area contributed by atoms with Crippen LogP contribution >= 0.6 is 0 Å². The molecule has 0 bridgehead atoms. The molecule has 3 aromatic rings. The quantitative estimate of drug-likeness (QED) is 0.0608. The second-order valence-corrected chi connectivity index (χ2v) is 20.9. The van der Waals surface area contributed by atoms with Gasteiger partial charge in [0.25, 0.3) is 0 Å². The van der Waals surface area contributed by atoms with Crippen molar-refractivity contribution in [1.29, 1.82) is 0 Å². The Labute approximate surface area is 433 Å². The topological polar surface area (TPSA) is 275 Å². The normalized spacial score (nSPS) is 23.1. The summed E-state index contributed by atoms with van der Waals surface area (Å²) in [6.07, 6.45) is 6.68. The van der Waals surface area contributed by atoms with E-state index in [1.165, 1.54) is 32.0 Å². The van der Waals surface area contributed by atoms with Gasteiger partial charge in [-0.1, -0.05) is 77.1 Å². The molecule has 20 heteroatoms. The second-order valence-electron chi connectivity index (χ2n) is 20.9. The average molecular weight is 1030 g/mol. The molecule has 1 saturated heterocycles. The minimum absolute atomic E-state index is 0.0171. The van der Waals surface area contributed by atoms with Gasteiger partial charge in [-0.05, 0) is 94.4 Å². The number of benzene rings is 2. The zero-order valence-corrected chi connectivity index (χ0v) is 44.6.